The Kier molecular flexibility index (Phi) is 7.36. The van der Waals surface area contributed by atoms with E-state index in [1.807, 2.05) is 0 Å². The molecule has 4 heteroatoms. The van der Waals surface area contributed by atoms with Crippen molar-refractivity contribution in [2.45, 2.75) is 0 Å². The van der Waals surface area contributed by atoms with Crippen molar-refractivity contribution in [2.24, 2.45) is 0 Å². The maximum absolute atomic E-state index is 3.96. The Morgan fingerprint density at radius 1 is 0.203 bits per heavy atom. The first-order valence-corrected chi connectivity index (χ1v) is 22.0. The molecule has 14 rings (SSSR count). The molecule has 0 unspecified atom stereocenters. The van der Waals surface area contributed by atoms with E-state index in [1.54, 1.807) is 0 Å². The second kappa shape index (κ2) is 13.4. The van der Waals surface area contributed by atoms with Crippen LogP contribution in [0, 0.1) is 0 Å². The zero-order chi connectivity index (χ0) is 41.9. The summed E-state index contributed by atoms with van der Waals surface area (Å²) in [6.07, 6.45) is 0. The van der Waals surface area contributed by atoms with Gasteiger partial charge in [0.2, 0.25) is 0 Å². The lowest BCUT2D eigenvalue weighted by Crippen LogP contribution is -2.00. The Balaban J connectivity index is 1.26. The Bertz CT molecular complexity index is 4190. The van der Waals surface area contributed by atoms with Crippen LogP contribution in [0.3, 0.4) is 0 Å². The van der Waals surface area contributed by atoms with Gasteiger partial charge < -0.3 is 19.9 Å². The highest BCUT2D eigenvalue weighted by Gasteiger charge is 2.29. The minimum absolute atomic E-state index is 1.11. The smallest absolute Gasteiger partial charge is 0.0544 e. The second-order valence-corrected chi connectivity index (χ2v) is 17.1. The molecule has 0 aliphatic heterocycles. The number of benzene rings is 10. The van der Waals surface area contributed by atoms with Gasteiger partial charge in [-0.1, -0.05) is 176 Å². The summed E-state index contributed by atoms with van der Waals surface area (Å²) in [4.78, 5) is 15.8. The molecule has 0 amide bonds. The zero-order valence-electron chi connectivity index (χ0n) is 34.6. The number of fused-ring (bicyclic) bond motifs is 12. The van der Waals surface area contributed by atoms with Crippen molar-refractivity contribution in [3.8, 4) is 55.6 Å². The summed E-state index contributed by atoms with van der Waals surface area (Å²) in [5, 5.41) is 9.65. The predicted molar refractivity (Wildman–Crippen MR) is 271 cm³/mol. The van der Waals surface area contributed by atoms with Crippen LogP contribution < -0.4 is 0 Å². The van der Waals surface area contributed by atoms with Crippen LogP contribution in [0.15, 0.2) is 206 Å². The quantitative estimate of drug-likeness (QED) is 0.134. The molecule has 14 aromatic rings. The van der Waals surface area contributed by atoms with Crippen molar-refractivity contribution in [1.82, 2.24) is 19.9 Å². The third kappa shape index (κ3) is 4.99. The minimum atomic E-state index is 1.11. The Labute approximate surface area is 367 Å². The molecule has 0 saturated carbocycles. The molecule has 0 aliphatic carbocycles. The van der Waals surface area contributed by atoms with E-state index in [4.69, 9.17) is 0 Å². The molecule has 10 aromatic carbocycles. The number of nitrogens with one attached hydrogen (secondary N) is 4. The number of aromatic nitrogens is 4. The number of rotatable bonds is 5. The van der Waals surface area contributed by atoms with Crippen LogP contribution in [0.25, 0.3) is 143 Å². The highest BCUT2D eigenvalue weighted by Crippen LogP contribution is 2.55. The average Bonchev–Trinajstić information content (AvgIpc) is 4.14. The van der Waals surface area contributed by atoms with E-state index in [2.05, 4.69) is 226 Å². The zero-order valence-corrected chi connectivity index (χ0v) is 34.6. The Hall–Kier alpha value is -8.60. The molecule has 298 valence electrons. The maximum atomic E-state index is 3.96. The lowest BCUT2D eigenvalue weighted by atomic mass is 9.77. The highest BCUT2D eigenvalue weighted by molar-refractivity contribution is 6.24. The molecule has 0 radical (unpaired) electrons. The third-order valence-electron chi connectivity index (χ3n) is 13.7. The lowest BCUT2D eigenvalue weighted by Gasteiger charge is -2.25. The van der Waals surface area contributed by atoms with Gasteiger partial charge in [0.15, 0.2) is 0 Å². The molecule has 0 spiro atoms. The van der Waals surface area contributed by atoms with Crippen LogP contribution in [-0.4, -0.2) is 19.9 Å². The van der Waals surface area contributed by atoms with Gasteiger partial charge >= 0.3 is 0 Å². The molecule has 0 atom stereocenters. The first-order valence-electron chi connectivity index (χ1n) is 22.0. The average molecular weight is 815 g/mol. The van der Waals surface area contributed by atoms with E-state index < -0.39 is 0 Å². The highest BCUT2D eigenvalue weighted by atomic mass is 14.7. The van der Waals surface area contributed by atoms with Crippen molar-refractivity contribution in [1.29, 1.82) is 0 Å². The van der Waals surface area contributed by atoms with Crippen molar-refractivity contribution in [3.05, 3.63) is 206 Å². The fraction of sp³-hybridized carbons (Fsp3) is 0. The maximum Gasteiger partial charge on any atom is 0.0544 e. The molecule has 4 N–H and O–H groups in total. The fourth-order valence-corrected chi connectivity index (χ4v) is 10.9. The summed E-state index contributed by atoms with van der Waals surface area (Å²) in [6, 6.07) is 75.4. The first kappa shape index (κ1) is 35.0. The Morgan fingerprint density at radius 3 is 0.938 bits per heavy atom. The van der Waals surface area contributed by atoms with Gasteiger partial charge in [0.25, 0.3) is 0 Å². The standard InChI is InChI=1S/C60H38N4/c1-2-16-35(17-3-1)48-34-49(44-26-12-22-40-36-18-4-8-30-50(36)61-57(40)44)55(46-28-14-24-42-38-20-6-10-32-52(38)63-59(42)46)56(47-29-15-25-43-39-21-7-11-33-53(39)64-60(43)47)54(48)45-27-13-23-41-37-19-5-9-31-51(37)62-58(41)45/h1-34,61-64H. The van der Waals surface area contributed by atoms with E-state index in [0.29, 0.717) is 0 Å². The van der Waals surface area contributed by atoms with E-state index in [-0.39, 0.29) is 0 Å². The number of aromatic amines is 4. The van der Waals surface area contributed by atoms with Crippen molar-refractivity contribution >= 4 is 87.2 Å². The summed E-state index contributed by atoms with van der Waals surface area (Å²) in [5.41, 5.74) is 20.5. The van der Waals surface area contributed by atoms with Crippen LogP contribution in [0.1, 0.15) is 0 Å². The van der Waals surface area contributed by atoms with Crippen LogP contribution in [0.5, 0.6) is 0 Å². The topological polar surface area (TPSA) is 63.2 Å². The second-order valence-electron chi connectivity index (χ2n) is 17.1. The van der Waals surface area contributed by atoms with Gasteiger partial charge in [0, 0.05) is 104 Å². The summed E-state index contributed by atoms with van der Waals surface area (Å²) in [7, 11) is 0. The summed E-state index contributed by atoms with van der Waals surface area (Å²) < 4.78 is 0. The molecule has 4 aromatic heterocycles. The summed E-state index contributed by atoms with van der Waals surface area (Å²) in [6.45, 7) is 0. The lowest BCUT2D eigenvalue weighted by molar-refractivity contribution is 1.49. The first-order chi connectivity index (χ1) is 31.8. The van der Waals surface area contributed by atoms with Gasteiger partial charge in [-0.2, -0.15) is 0 Å². The largest absolute Gasteiger partial charge is 0.354 e. The molecule has 4 heterocycles. The third-order valence-corrected chi connectivity index (χ3v) is 13.7. The normalized spacial score (nSPS) is 12.1. The molecule has 4 nitrogen and oxygen atoms in total. The van der Waals surface area contributed by atoms with Crippen molar-refractivity contribution in [2.75, 3.05) is 0 Å². The molecule has 0 saturated heterocycles. The monoisotopic (exact) mass is 814 g/mol. The van der Waals surface area contributed by atoms with Gasteiger partial charge in [-0.15, -0.1) is 0 Å². The van der Waals surface area contributed by atoms with E-state index >= 15 is 0 Å². The number of para-hydroxylation sites is 8. The van der Waals surface area contributed by atoms with Gasteiger partial charge in [0.05, 0.1) is 22.1 Å². The minimum Gasteiger partial charge on any atom is -0.354 e. The van der Waals surface area contributed by atoms with Crippen LogP contribution >= 0.6 is 0 Å². The van der Waals surface area contributed by atoms with Crippen LogP contribution in [0.4, 0.5) is 0 Å². The van der Waals surface area contributed by atoms with Gasteiger partial charge in [-0.25, -0.2) is 0 Å². The molecule has 0 aliphatic rings. The molecule has 0 bridgehead atoms. The fourth-order valence-electron chi connectivity index (χ4n) is 10.9. The van der Waals surface area contributed by atoms with Crippen LogP contribution in [-0.2, 0) is 0 Å². The summed E-state index contributed by atoms with van der Waals surface area (Å²) >= 11 is 0. The van der Waals surface area contributed by atoms with Gasteiger partial charge in [-0.3, -0.25) is 0 Å². The molecule has 64 heavy (non-hydrogen) atoms. The van der Waals surface area contributed by atoms with Gasteiger partial charge in [0.1, 0.15) is 0 Å². The predicted octanol–water partition coefficient (Wildman–Crippen LogP) is 16.6. The van der Waals surface area contributed by atoms with Gasteiger partial charge in [-0.05, 0) is 47.0 Å². The van der Waals surface area contributed by atoms with Crippen molar-refractivity contribution in [3.63, 3.8) is 0 Å². The molecule has 0 fully saturated rings. The molecular formula is C60H38N4. The number of H-pyrrole nitrogens is 4. The SMILES string of the molecule is c1ccc(-c2cc(-c3cccc4c3[nH]c3ccccc34)c(-c3cccc4c3[nH]c3ccccc34)c(-c3cccc4c3[nH]c3ccccc34)c2-c2cccc3c2[nH]c2ccccc23)cc1. The number of hydrogen-bond donors (Lipinski definition) is 4. The van der Waals surface area contributed by atoms with E-state index in [9.17, 15) is 0 Å². The number of hydrogen-bond acceptors (Lipinski definition) is 0. The Morgan fingerprint density at radius 2 is 0.516 bits per heavy atom. The van der Waals surface area contributed by atoms with E-state index in [1.165, 1.54) is 54.2 Å². The summed E-state index contributed by atoms with van der Waals surface area (Å²) in [5.74, 6) is 0. The van der Waals surface area contributed by atoms with Crippen LogP contribution in [0.2, 0.25) is 0 Å². The molecular weight excluding hydrogens is 777 g/mol. The van der Waals surface area contributed by atoms with Crippen molar-refractivity contribution < 1.29 is 0 Å². The van der Waals surface area contributed by atoms with E-state index in [0.717, 1.165) is 88.6 Å².